The van der Waals surface area contributed by atoms with Crippen LogP contribution in [-0.4, -0.2) is 53.6 Å². The Morgan fingerprint density at radius 3 is 1.93 bits per heavy atom. The molecule has 0 N–H and O–H groups in total. The third-order valence-corrected chi connectivity index (χ3v) is 6.12. The summed E-state index contributed by atoms with van der Waals surface area (Å²) >= 11 is 0. The Bertz CT molecular complexity index is 1500. The topological polar surface area (TPSA) is 108 Å². The minimum atomic E-state index is -0.565. The van der Waals surface area contributed by atoms with Gasteiger partial charge in [-0.25, -0.2) is 29.1 Å². The summed E-state index contributed by atoms with van der Waals surface area (Å²) in [7, 11) is 5.51. The molecule has 0 amide bonds. The van der Waals surface area contributed by atoms with Crippen molar-refractivity contribution in [1.29, 1.82) is 0 Å². The van der Waals surface area contributed by atoms with Crippen LogP contribution in [0.1, 0.15) is 31.8 Å². The zero-order valence-corrected chi connectivity index (χ0v) is 22.7. The van der Waals surface area contributed by atoms with Crippen LogP contribution < -0.4 is 9.47 Å². The first-order valence-electron chi connectivity index (χ1n) is 12.3. The molecule has 0 saturated heterocycles. The van der Waals surface area contributed by atoms with Crippen molar-refractivity contribution in [2.24, 2.45) is 0 Å². The smallest absolute Gasteiger partial charge is 0.341 e. The van der Waals surface area contributed by atoms with Gasteiger partial charge in [-0.05, 0) is 69.6 Å². The van der Waals surface area contributed by atoms with E-state index in [0.29, 0.717) is 29.1 Å². The van der Waals surface area contributed by atoms with E-state index in [1.165, 1.54) is 28.4 Å². The number of benzene rings is 4. The second-order valence-corrected chi connectivity index (χ2v) is 8.59. The Kier molecular flexibility index (Phi) is 9.87. The van der Waals surface area contributed by atoms with Crippen molar-refractivity contribution in [3.05, 3.63) is 82.9 Å². The first-order valence-corrected chi connectivity index (χ1v) is 12.3. The van der Waals surface area contributed by atoms with Crippen LogP contribution in [0.2, 0.25) is 0 Å². The number of carbonyl (C=O) groups is 2. The zero-order valence-electron chi connectivity index (χ0n) is 22.7. The van der Waals surface area contributed by atoms with Crippen molar-refractivity contribution in [1.82, 2.24) is 0 Å². The summed E-state index contributed by atoms with van der Waals surface area (Å²) in [5.41, 5.74) is 2.33. The van der Waals surface area contributed by atoms with Gasteiger partial charge in [0.1, 0.15) is 43.5 Å². The van der Waals surface area contributed by atoms with Gasteiger partial charge in [-0.15, -0.1) is 0 Å². The monoisotopic (exact) mass is 550 g/mol. The first kappa shape index (κ1) is 28.8. The summed E-state index contributed by atoms with van der Waals surface area (Å²) in [4.78, 5) is 44.1. The molecule has 0 radical (unpaired) electrons. The number of carbonyl (C=O) groups excluding carboxylic acids is 2. The van der Waals surface area contributed by atoms with Gasteiger partial charge < -0.3 is 18.9 Å². The molecule has 0 heterocycles. The lowest BCUT2D eigenvalue weighted by Crippen LogP contribution is -2.13. The van der Waals surface area contributed by atoms with Gasteiger partial charge >= 0.3 is 11.9 Å². The van der Waals surface area contributed by atoms with Crippen LogP contribution in [0.25, 0.3) is 21.5 Å². The van der Waals surface area contributed by atoms with Gasteiger partial charge in [0.15, 0.2) is 0 Å². The summed E-state index contributed by atoms with van der Waals surface area (Å²) in [6, 6.07) is 18.2. The highest BCUT2D eigenvalue weighted by Crippen LogP contribution is 2.30. The summed E-state index contributed by atoms with van der Waals surface area (Å²) in [5, 5.41) is 3.39. The number of hydrogen-bond acceptors (Lipinski definition) is 10. The maximum atomic E-state index is 12.5. The minimum absolute atomic E-state index is 0.144. The number of rotatable bonds is 13. The van der Waals surface area contributed by atoms with Gasteiger partial charge in [-0.3, -0.25) is 0 Å². The Morgan fingerprint density at radius 2 is 1.23 bits per heavy atom. The van der Waals surface area contributed by atoms with E-state index >= 15 is 0 Å². The molecule has 0 unspecified atom stereocenters. The summed E-state index contributed by atoms with van der Waals surface area (Å²) < 4.78 is 21.7. The number of hydrogen-bond donors (Lipinski definition) is 0. The van der Waals surface area contributed by atoms with Gasteiger partial charge in [0.2, 0.25) is 0 Å². The predicted molar refractivity (Wildman–Crippen MR) is 145 cm³/mol. The number of ether oxygens (including phenoxy) is 4. The number of esters is 2. The molecule has 0 fully saturated rings. The molecule has 4 aromatic carbocycles. The summed E-state index contributed by atoms with van der Waals surface area (Å²) in [6.45, 7) is 0.823. The van der Waals surface area contributed by atoms with Crippen LogP contribution >= 0.6 is 0 Å². The highest BCUT2D eigenvalue weighted by atomic mass is 17.2. The van der Waals surface area contributed by atoms with Crippen molar-refractivity contribution >= 4 is 33.5 Å². The van der Waals surface area contributed by atoms with E-state index in [9.17, 15) is 9.59 Å². The zero-order chi connectivity index (χ0) is 28.5. The quantitative estimate of drug-likeness (QED) is 0.0956. The molecule has 0 atom stereocenters. The highest BCUT2D eigenvalue weighted by Gasteiger charge is 2.17. The molecule has 4 aromatic rings. The molecule has 10 nitrogen and oxygen atoms in total. The molecule has 4 rings (SSSR count). The molecule has 0 aliphatic heterocycles. The predicted octanol–water partition coefficient (Wildman–Crippen LogP) is 5.18. The van der Waals surface area contributed by atoms with E-state index in [1.54, 1.807) is 30.3 Å². The fourth-order valence-electron chi connectivity index (χ4n) is 4.17. The molecular formula is C30H30O10. The molecule has 0 aromatic heterocycles. The third kappa shape index (κ3) is 6.85. The standard InChI is InChI=1S/C30H30O10/c1-33-29(31)22-8-7-21-16-28(26(30(32)34-2)14-24(21)12-22)38-10-9-37-27-15-20-6-5-19(17-39-35-3)11-23(20)13-25(27)18-40-36-4/h5-8,11-16H,9-10,17-18H2,1-4H3. The fourth-order valence-corrected chi connectivity index (χ4v) is 4.17. The maximum absolute atomic E-state index is 12.5. The van der Waals surface area contributed by atoms with Crippen LogP contribution in [0.3, 0.4) is 0 Å². The largest absolute Gasteiger partial charge is 0.490 e. The van der Waals surface area contributed by atoms with Crippen molar-refractivity contribution in [3.63, 3.8) is 0 Å². The lowest BCUT2D eigenvalue weighted by Gasteiger charge is -2.15. The lowest BCUT2D eigenvalue weighted by atomic mass is 10.0. The van der Waals surface area contributed by atoms with E-state index in [2.05, 4.69) is 0 Å². The molecule has 0 spiro atoms. The fraction of sp³-hybridized carbons (Fsp3) is 0.267. The Balaban J connectivity index is 1.52. The van der Waals surface area contributed by atoms with E-state index in [4.69, 9.17) is 38.5 Å². The van der Waals surface area contributed by atoms with Gasteiger partial charge in [0, 0.05) is 5.56 Å². The molecule has 10 heteroatoms. The van der Waals surface area contributed by atoms with E-state index in [-0.39, 0.29) is 25.4 Å². The van der Waals surface area contributed by atoms with Gasteiger partial charge in [0.25, 0.3) is 0 Å². The minimum Gasteiger partial charge on any atom is -0.490 e. The Hall–Kier alpha value is -4.22. The van der Waals surface area contributed by atoms with Crippen molar-refractivity contribution in [2.45, 2.75) is 13.2 Å². The first-order chi connectivity index (χ1) is 19.5. The second-order valence-electron chi connectivity index (χ2n) is 8.59. The molecule has 0 aliphatic rings. The van der Waals surface area contributed by atoms with Crippen LogP contribution in [0.15, 0.2) is 60.7 Å². The highest BCUT2D eigenvalue weighted by molar-refractivity contribution is 6.01. The lowest BCUT2D eigenvalue weighted by molar-refractivity contribution is -0.282. The number of fused-ring (bicyclic) bond motifs is 2. The van der Waals surface area contributed by atoms with Gasteiger partial charge in [-0.2, -0.15) is 0 Å². The van der Waals surface area contributed by atoms with E-state index in [1.807, 2.05) is 30.3 Å². The number of methoxy groups -OCH3 is 2. The normalized spacial score (nSPS) is 11.0. The molecule has 0 saturated carbocycles. The molecule has 40 heavy (non-hydrogen) atoms. The third-order valence-electron chi connectivity index (χ3n) is 6.12. The van der Waals surface area contributed by atoms with E-state index in [0.717, 1.165) is 27.3 Å². The van der Waals surface area contributed by atoms with E-state index < -0.39 is 11.9 Å². The average molecular weight is 551 g/mol. The van der Waals surface area contributed by atoms with Gasteiger partial charge in [-0.1, -0.05) is 18.2 Å². The second kappa shape index (κ2) is 13.7. The Labute approximate surface area is 231 Å². The maximum Gasteiger partial charge on any atom is 0.341 e. The molecular weight excluding hydrogens is 520 g/mol. The van der Waals surface area contributed by atoms with Crippen LogP contribution in [0, 0.1) is 0 Å². The van der Waals surface area contributed by atoms with Crippen molar-refractivity contribution in [2.75, 3.05) is 41.7 Å². The van der Waals surface area contributed by atoms with Crippen LogP contribution in [0.5, 0.6) is 11.5 Å². The molecule has 0 aliphatic carbocycles. The van der Waals surface area contributed by atoms with Crippen LogP contribution in [0.4, 0.5) is 0 Å². The van der Waals surface area contributed by atoms with Crippen molar-refractivity contribution < 1.29 is 48.1 Å². The van der Waals surface area contributed by atoms with Gasteiger partial charge in [0.05, 0.1) is 34.0 Å². The summed E-state index contributed by atoms with van der Waals surface area (Å²) in [5.74, 6) is -0.0919. The molecule has 210 valence electrons. The van der Waals surface area contributed by atoms with Crippen LogP contribution in [-0.2, 0) is 42.2 Å². The summed E-state index contributed by atoms with van der Waals surface area (Å²) in [6.07, 6.45) is 0. The molecule has 0 bridgehead atoms. The average Bonchev–Trinajstić information content (AvgIpc) is 2.99. The SMILES string of the molecule is COOCc1ccc2cc(OCCOc3cc4ccc(C(=O)OC)cc4cc3C(=O)OC)c(COOC)cc2c1. The van der Waals surface area contributed by atoms with Crippen molar-refractivity contribution in [3.8, 4) is 11.5 Å². The Morgan fingerprint density at radius 1 is 0.600 bits per heavy atom.